The molecule has 0 aliphatic rings. The Balaban J connectivity index is 3.24. The first-order chi connectivity index (χ1) is 6.43. The molecule has 4 nitrogen and oxygen atoms in total. The van der Waals surface area contributed by atoms with Gasteiger partial charge in [0.2, 0.25) is 0 Å². The van der Waals surface area contributed by atoms with Crippen LogP contribution in [0, 0.1) is 13.8 Å². The van der Waals surface area contributed by atoms with E-state index in [1.807, 2.05) is 0 Å². The third-order valence-electron chi connectivity index (χ3n) is 1.78. The standard InChI is InChI=1S/C9H11NO3S/c1-4-7(9(11)12)8(5(2)13-4)10-6(3)14/h1-3H3,(H,10,14)(H,11,12). The van der Waals surface area contributed by atoms with Crippen molar-refractivity contribution in [3.05, 3.63) is 17.1 Å². The Morgan fingerprint density at radius 2 is 2.00 bits per heavy atom. The van der Waals surface area contributed by atoms with E-state index in [1.54, 1.807) is 20.8 Å². The molecule has 5 heteroatoms. The number of carboxylic acid groups (broad SMARTS) is 1. The first-order valence-corrected chi connectivity index (χ1v) is 4.45. The average molecular weight is 213 g/mol. The van der Waals surface area contributed by atoms with Crippen molar-refractivity contribution in [3.8, 4) is 0 Å². The molecule has 0 saturated carbocycles. The summed E-state index contributed by atoms with van der Waals surface area (Å²) in [7, 11) is 0. The minimum atomic E-state index is -1.02. The second kappa shape index (κ2) is 3.79. The zero-order valence-corrected chi connectivity index (χ0v) is 8.99. The van der Waals surface area contributed by atoms with Gasteiger partial charge in [-0.25, -0.2) is 4.79 Å². The second-order valence-corrected chi connectivity index (χ2v) is 3.56. The number of furan rings is 1. The third-order valence-corrected chi connectivity index (χ3v) is 1.88. The van der Waals surface area contributed by atoms with Gasteiger partial charge in [0.05, 0.1) is 10.7 Å². The summed E-state index contributed by atoms with van der Waals surface area (Å²) in [5.41, 5.74) is 0.592. The van der Waals surface area contributed by atoms with Crippen molar-refractivity contribution in [2.24, 2.45) is 0 Å². The van der Waals surface area contributed by atoms with Crippen molar-refractivity contribution in [1.82, 2.24) is 0 Å². The van der Waals surface area contributed by atoms with Crippen LogP contribution in [-0.4, -0.2) is 16.1 Å². The van der Waals surface area contributed by atoms with Crippen molar-refractivity contribution in [2.75, 3.05) is 5.32 Å². The first-order valence-electron chi connectivity index (χ1n) is 4.04. The molecule has 14 heavy (non-hydrogen) atoms. The topological polar surface area (TPSA) is 62.5 Å². The highest BCUT2D eigenvalue weighted by Gasteiger charge is 2.20. The molecule has 0 saturated heterocycles. The Hall–Kier alpha value is -1.36. The fourth-order valence-corrected chi connectivity index (χ4v) is 1.37. The highest BCUT2D eigenvalue weighted by atomic mass is 32.1. The van der Waals surface area contributed by atoms with Crippen LogP contribution in [0.15, 0.2) is 4.42 Å². The van der Waals surface area contributed by atoms with Crippen LogP contribution in [0.1, 0.15) is 28.8 Å². The molecule has 0 aliphatic heterocycles. The minimum absolute atomic E-state index is 0.145. The Morgan fingerprint density at radius 3 is 2.43 bits per heavy atom. The van der Waals surface area contributed by atoms with Crippen molar-refractivity contribution in [2.45, 2.75) is 20.8 Å². The SMILES string of the molecule is CC(=S)Nc1c(C)oc(C)c1C(=O)O. The van der Waals surface area contributed by atoms with E-state index in [-0.39, 0.29) is 5.56 Å². The van der Waals surface area contributed by atoms with Crippen LogP contribution in [0.5, 0.6) is 0 Å². The summed E-state index contributed by atoms with van der Waals surface area (Å²) >= 11 is 4.85. The van der Waals surface area contributed by atoms with Crippen LogP contribution in [0.25, 0.3) is 0 Å². The third kappa shape index (κ3) is 1.93. The smallest absolute Gasteiger partial charge is 0.341 e. The van der Waals surface area contributed by atoms with Crippen molar-refractivity contribution >= 4 is 28.9 Å². The van der Waals surface area contributed by atoms with Crippen LogP contribution in [0.3, 0.4) is 0 Å². The number of hydrogen-bond donors (Lipinski definition) is 2. The number of anilines is 1. The number of thiocarbonyl (C=S) groups is 1. The van der Waals surface area contributed by atoms with E-state index in [1.165, 1.54) is 0 Å². The summed E-state index contributed by atoms with van der Waals surface area (Å²) in [5, 5.41) is 11.7. The molecule has 0 atom stereocenters. The van der Waals surface area contributed by atoms with Crippen LogP contribution in [-0.2, 0) is 0 Å². The largest absolute Gasteiger partial charge is 0.477 e. The molecule has 0 fully saturated rings. The Bertz CT molecular complexity index is 395. The maximum absolute atomic E-state index is 10.9. The highest BCUT2D eigenvalue weighted by molar-refractivity contribution is 7.80. The van der Waals surface area contributed by atoms with Crippen LogP contribution >= 0.6 is 12.2 Å². The van der Waals surface area contributed by atoms with Crippen molar-refractivity contribution in [1.29, 1.82) is 0 Å². The van der Waals surface area contributed by atoms with Gasteiger partial charge in [-0.05, 0) is 20.8 Å². The highest BCUT2D eigenvalue weighted by Crippen LogP contribution is 2.27. The maximum Gasteiger partial charge on any atom is 0.341 e. The molecule has 1 aromatic rings. The fraction of sp³-hybridized carbons (Fsp3) is 0.333. The normalized spacial score (nSPS) is 9.93. The van der Waals surface area contributed by atoms with E-state index in [9.17, 15) is 4.79 Å². The molecule has 76 valence electrons. The number of hydrogen-bond acceptors (Lipinski definition) is 3. The van der Waals surface area contributed by atoms with Crippen LogP contribution in [0.4, 0.5) is 5.69 Å². The predicted octanol–water partition coefficient (Wildman–Crippen LogP) is 2.35. The molecule has 0 amide bonds. The van der Waals surface area contributed by atoms with E-state index in [2.05, 4.69) is 5.32 Å². The van der Waals surface area contributed by atoms with Gasteiger partial charge in [0.15, 0.2) is 0 Å². The first kappa shape index (κ1) is 10.7. The second-order valence-electron chi connectivity index (χ2n) is 2.95. The number of nitrogens with one attached hydrogen (secondary N) is 1. The summed E-state index contributed by atoms with van der Waals surface area (Å²) in [6.07, 6.45) is 0. The van der Waals surface area contributed by atoms with E-state index in [4.69, 9.17) is 21.7 Å². The quantitative estimate of drug-likeness (QED) is 0.738. The summed E-state index contributed by atoms with van der Waals surface area (Å²) in [4.78, 5) is 11.4. The van der Waals surface area contributed by atoms with Gasteiger partial charge < -0.3 is 14.8 Å². The zero-order valence-electron chi connectivity index (χ0n) is 8.17. The summed E-state index contributed by atoms with van der Waals surface area (Å²) in [5.74, 6) is -0.101. The van der Waals surface area contributed by atoms with Gasteiger partial charge in [-0.1, -0.05) is 12.2 Å². The maximum atomic E-state index is 10.9. The monoisotopic (exact) mass is 213 g/mol. The molecule has 1 aromatic heterocycles. The van der Waals surface area contributed by atoms with Gasteiger partial charge in [0.1, 0.15) is 17.1 Å². The van der Waals surface area contributed by atoms with E-state index in [0.29, 0.717) is 22.2 Å². The number of carboxylic acids is 1. The molecule has 0 aromatic carbocycles. The van der Waals surface area contributed by atoms with Crippen molar-refractivity contribution in [3.63, 3.8) is 0 Å². The lowest BCUT2D eigenvalue weighted by atomic mass is 10.2. The van der Waals surface area contributed by atoms with Gasteiger partial charge in [0.25, 0.3) is 0 Å². The molecular weight excluding hydrogens is 202 g/mol. The van der Waals surface area contributed by atoms with E-state index in [0.717, 1.165) is 0 Å². The predicted molar refractivity (Wildman–Crippen MR) is 57.0 cm³/mol. The Kier molecular flexibility index (Phi) is 2.90. The van der Waals surface area contributed by atoms with Crippen LogP contribution in [0.2, 0.25) is 0 Å². The molecule has 2 N–H and O–H groups in total. The summed E-state index contributed by atoms with van der Waals surface area (Å²) < 4.78 is 5.20. The summed E-state index contributed by atoms with van der Waals surface area (Å²) in [6, 6.07) is 0. The average Bonchev–Trinajstić information content (AvgIpc) is 2.25. The lowest BCUT2D eigenvalue weighted by Gasteiger charge is -2.02. The lowest BCUT2D eigenvalue weighted by Crippen LogP contribution is -2.08. The fourth-order valence-electron chi connectivity index (χ4n) is 1.27. The van der Waals surface area contributed by atoms with E-state index < -0.39 is 5.97 Å². The molecular formula is C9H11NO3S. The Labute approximate surface area is 86.9 Å². The minimum Gasteiger partial charge on any atom is -0.477 e. The van der Waals surface area contributed by atoms with Gasteiger partial charge >= 0.3 is 5.97 Å². The molecule has 0 bridgehead atoms. The number of carbonyl (C=O) groups is 1. The summed E-state index contributed by atoms with van der Waals surface area (Å²) in [6.45, 7) is 4.99. The van der Waals surface area contributed by atoms with Gasteiger partial charge in [-0.15, -0.1) is 0 Å². The van der Waals surface area contributed by atoms with Gasteiger partial charge in [0, 0.05) is 0 Å². The molecule has 1 rings (SSSR count). The molecule has 0 aliphatic carbocycles. The van der Waals surface area contributed by atoms with Crippen LogP contribution < -0.4 is 5.32 Å². The lowest BCUT2D eigenvalue weighted by molar-refractivity contribution is 0.0696. The molecule has 0 radical (unpaired) electrons. The molecule has 0 unspecified atom stereocenters. The zero-order chi connectivity index (χ0) is 10.9. The number of aromatic carboxylic acids is 1. The van der Waals surface area contributed by atoms with E-state index >= 15 is 0 Å². The molecule has 0 spiro atoms. The number of aryl methyl sites for hydroxylation is 2. The Morgan fingerprint density at radius 1 is 1.43 bits per heavy atom. The van der Waals surface area contributed by atoms with Gasteiger partial charge in [-0.2, -0.15) is 0 Å². The number of rotatable bonds is 2. The van der Waals surface area contributed by atoms with Crippen molar-refractivity contribution < 1.29 is 14.3 Å². The van der Waals surface area contributed by atoms with Gasteiger partial charge in [-0.3, -0.25) is 0 Å². The molecule has 1 heterocycles.